The molecule has 1 N–H and O–H groups in total. The molecule has 114 valence electrons. The molecule has 0 radical (unpaired) electrons. The van der Waals surface area contributed by atoms with E-state index in [2.05, 4.69) is 72.9 Å². The van der Waals surface area contributed by atoms with Crippen LogP contribution in [0.2, 0.25) is 0 Å². The van der Waals surface area contributed by atoms with Gasteiger partial charge in [0.25, 0.3) is 0 Å². The lowest BCUT2D eigenvalue weighted by Crippen LogP contribution is -2.70. The predicted molar refractivity (Wildman–Crippen MR) is 92.5 cm³/mol. The summed E-state index contributed by atoms with van der Waals surface area (Å²) in [5, 5.41) is 4.30. The van der Waals surface area contributed by atoms with Crippen LogP contribution in [0.3, 0.4) is 0 Å². The number of thiocarbonyl (C=S) groups is 1. The number of rotatable bonds is 1. The molecule has 0 amide bonds. The summed E-state index contributed by atoms with van der Waals surface area (Å²) in [6.45, 7) is 10.8. The molecule has 1 fully saturated rings. The monoisotopic (exact) mass is 368 g/mol. The standard InChI is InChI=1S/C16H21BrN2OS/c1-8(2)19-15(21)18-13-10(4)16(19,5)20-14-11(13)6-9(3)7-12(14)17/h6-8,10,13H,1-5H3,(H,18,21). The van der Waals surface area contributed by atoms with E-state index < -0.39 is 5.72 Å². The summed E-state index contributed by atoms with van der Waals surface area (Å²) in [6.07, 6.45) is 0. The maximum Gasteiger partial charge on any atom is 0.187 e. The molecule has 2 aliphatic heterocycles. The van der Waals surface area contributed by atoms with E-state index >= 15 is 0 Å². The van der Waals surface area contributed by atoms with Crippen LogP contribution in [0.4, 0.5) is 0 Å². The average Bonchev–Trinajstić information content (AvgIpc) is 2.35. The van der Waals surface area contributed by atoms with Gasteiger partial charge in [-0.25, -0.2) is 0 Å². The molecule has 3 rings (SSSR count). The van der Waals surface area contributed by atoms with Crippen molar-refractivity contribution in [2.75, 3.05) is 0 Å². The summed E-state index contributed by atoms with van der Waals surface area (Å²) in [4.78, 5) is 2.18. The van der Waals surface area contributed by atoms with Crippen molar-refractivity contribution in [2.45, 2.75) is 52.4 Å². The van der Waals surface area contributed by atoms with Crippen molar-refractivity contribution in [2.24, 2.45) is 5.92 Å². The fraction of sp³-hybridized carbons (Fsp3) is 0.562. The Labute approximate surface area is 140 Å². The molecule has 2 heterocycles. The lowest BCUT2D eigenvalue weighted by molar-refractivity contribution is -0.121. The van der Waals surface area contributed by atoms with Gasteiger partial charge in [-0.3, -0.25) is 0 Å². The Balaban J connectivity index is 2.19. The third-order valence-corrected chi connectivity index (χ3v) is 5.60. The third-order valence-electron chi connectivity index (χ3n) is 4.70. The molecule has 3 unspecified atom stereocenters. The maximum atomic E-state index is 6.48. The average molecular weight is 369 g/mol. The lowest BCUT2D eigenvalue weighted by Gasteiger charge is -2.57. The molecule has 1 saturated heterocycles. The molecule has 0 spiro atoms. The van der Waals surface area contributed by atoms with E-state index in [0.29, 0.717) is 5.92 Å². The van der Waals surface area contributed by atoms with E-state index in [9.17, 15) is 0 Å². The van der Waals surface area contributed by atoms with Gasteiger partial charge in [-0.05, 0) is 67.5 Å². The molecule has 2 bridgehead atoms. The highest BCUT2D eigenvalue weighted by atomic mass is 79.9. The number of fused-ring (bicyclic) bond motifs is 4. The summed E-state index contributed by atoms with van der Waals surface area (Å²) >= 11 is 9.25. The Bertz CT molecular complexity index is 619. The van der Waals surface area contributed by atoms with Gasteiger partial charge in [-0.2, -0.15) is 0 Å². The van der Waals surface area contributed by atoms with Gasteiger partial charge in [0, 0.05) is 17.5 Å². The van der Waals surface area contributed by atoms with Crippen LogP contribution in [0.25, 0.3) is 0 Å². The van der Waals surface area contributed by atoms with Crippen LogP contribution in [-0.4, -0.2) is 21.8 Å². The van der Waals surface area contributed by atoms with E-state index in [0.717, 1.165) is 15.3 Å². The highest BCUT2D eigenvalue weighted by Gasteiger charge is 2.54. The number of hydrogen-bond donors (Lipinski definition) is 1. The number of hydrogen-bond acceptors (Lipinski definition) is 2. The second kappa shape index (κ2) is 4.85. The number of nitrogens with one attached hydrogen (secondary N) is 1. The largest absolute Gasteiger partial charge is 0.466 e. The third kappa shape index (κ3) is 2.08. The highest BCUT2D eigenvalue weighted by Crippen LogP contribution is 2.50. The van der Waals surface area contributed by atoms with Crippen molar-refractivity contribution in [1.29, 1.82) is 0 Å². The molecule has 1 aromatic carbocycles. The molecular formula is C16H21BrN2OS. The number of aryl methyl sites for hydroxylation is 1. The van der Waals surface area contributed by atoms with Gasteiger partial charge >= 0.3 is 0 Å². The van der Waals surface area contributed by atoms with Gasteiger partial charge in [0.05, 0.1) is 10.5 Å². The first-order chi connectivity index (χ1) is 9.75. The zero-order valence-electron chi connectivity index (χ0n) is 13.0. The van der Waals surface area contributed by atoms with Crippen molar-refractivity contribution in [1.82, 2.24) is 10.2 Å². The van der Waals surface area contributed by atoms with E-state index in [4.69, 9.17) is 17.0 Å². The molecular weight excluding hydrogens is 348 g/mol. The van der Waals surface area contributed by atoms with Crippen molar-refractivity contribution in [3.63, 3.8) is 0 Å². The Kier molecular flexibility index (Phi) is 3.49. The minimum atomic E-state index is -0.425. The molecule has 3 atom stereocenters. The fourth-order valence-electron chi connectivity index (χ4n) is 3.60. The van der Waals surface area contributed by atoms with Gasteiger partial charge in [0.15, 0.2) is 10.8 Å². The second-order valence-corrected chi connectivity index (χ2v) is 7.74. The van der Waals surface area contributed by atoms with E-state index in [1.807, 2.05) is 0 Å². The molecule has 3 nitrogen and oxygen atoms in total. The smallest absolute Gasteiger partial charge is 0.187 e. The topological polar surface area (TPSA) is 24.5 Å². The predicted octanol–water partition coefficient (Wildman–Crippen LogP) is 4.14. The summed E-state index contributed by atoms with van der Waals surface area (Å²) in [7, 11) is 0. The number of halogens is 1. The molecule has 0 aromatic heterocycles. The van der Waals surface area contributed by atoms with Crippen LogP contribution >= 0.6 is 28.1 Å². The first-order valence-electron chi connectivity index (χ1n) is 7.34. The highest BCUT2D eigenvalue weighted by molar-refractivity contribution is 9.10. The van der Waals surface area contributed by atoms with Gasteiger partial charge < -0.3 is 15.0 Å². The summed E-state index contributed by atoms with van der Waals surface area (Å²) in [5.74, 6) is 1.24. The quantitative estimate of drug-likeness (QED) is 0.752. The number of benzene rings is 1. The lowest BCUT2D eigenvalue weighted by atomic mass is 9.80. The minimum Gasteiger partial charge on any atom is -0.466 e. The van der Waals surface area contributed by atoms with Crippen LogP contribution in [0.15, 0.2) is 16.6 Å². The Morgan fingerprint density at radius 2 is 2.10 bits per heavy atom. The zero-order chi connectivity index (χ0) is 15.5. The Morgan fingerprint density at radius 1 is 1.43 bits per heavy atom. The van der Waals surface area contributed by atoms with Crippen molar-refractivity contribution < 1.29 is 4.74 Å². The number of nitrogens with zero attached hydrogens (tertiary/aromatic N) is 1. The normalized spacial score (nSPS) is 30.8. The van der Waals surface area contributed by atoms with Crippen molar-refractivity contribution in [3.8, 4) is 5.75 Å². The summed E-state index contributed by atoms with van der Waals surface area (Å²) in [5.41, 5.74) is 1.99. The van der Waals surface area contributed by atoms with E-state index in [1.165, 1.54) is 11.1 Å². The van der Waals surface area contributed by atoms with Gasteiger partial charge in [0.1, 0.15) is 5.75 Å². The van der Waals surface area contributed by atoms with Gasteiger partial charge in [-0.15, -0.1) is 0 Å². The number of ether oxygens (including phenoxy) is 1. The molecule has 1 aromatic rings. The maximum absolute atomic E-state index is 6.48. The van der Waals surface area contributed by atoms with Gasteiger partial charge in [-0.1, -0.05) is 13.0 Å². The van der Waals surface area contributed by atoms with Crippen molar-refractivity contribution in [3.05, 3.63) is 27.7 Å². The molecule has 21 heavy (non-hydrogen) atoms. The Morgan fingerprint density at radius 3 is 2.71 bits per heavy atom. The first-order valence-corrected chi connectivity index (χ1v) is 8.54. The van der Waals surface area contributed by atoms with E-state index in [1.54, 1.807) is 0 Å². The summed E-state index contributed by atoms with van der Waals surface area (Å²) < 4.78 is 7.50. The molecule has 0 aliphatic carbocycles. The zero-order valence-corrected chi connectivity index (χ0v) is 15.4. The Hall–Kier alpha value is -0.810. The summed E-state index contributed by atoms with van der Waals surface area (Å²) in [6, 6.07) is 4.77. The fourth-order valence-corrected chi connectivity index (χ4v) is 4.79. The van der Waals surface area contributed by atoms with Crippen LogP contribution < -0.4 is 10.1 Å². The molecule has 0 saturated carbocycles. The SMILES string of the molecule is Cc1cc(Br)c2c(c1)C1NC(=S)N(C(C)C)C(C)(O2)C1C. The van der Waals surface area contributed by atoms with Gasteiger partial charge in [0.2, 0.25) is 0 Å². The van der Waals surface area contributed by atoms with Crippen LogP contribution in [-0.2, 0) is 0 Å². The van der Waals surface area contributed by atoms with Crippen molar-refractivity contribution >= 4 is 33.3 Å². The van der Waals surface area contributed by atoms with Crippen LogP contribution in [0.1, 0.15) is 44.9 Å². The van der Waals surface area contributed by atoms with Crippen LogP contribution in [0, 0.1) is 12.8 Å². The molecule has 5 heteroatoms. The second-order valence-electron chi connectivity index (χ2n) is 6.50. The minimum absolute atomic E-state index is 0.192. The van der Waals surface area contributed by atoms with Crippen LogP contribution in [0.5, 0.6) is 5.75 Å². The van der Waals surface area contributed by atoms with E-state index in [-0.39, 0.29) is 12.1 Å². The molecule has 2 aliphatic rings. The first kappa shape index (κ1) is 15.1.